The van der Waals surface area contributed by atoms with Gasteiger partial charge in [0.05, 0.1) is 25.7 Å². The van der Waals surface area contributed by atoms with Crippen LogP contribution < -0.4 is 9.47 Å². The van der Waals surface area contributed by atoms with E-state index < -0.39 is 11.7 Å². The van der Waals surface area contributed by atoms with Gasteiger partial charge >= 0.3 is 12.1 Å². The van der Waals surface area contributed by atoms with Gasteiger partial charge in [-0.25, -0.2) is 0 Å². The van der Waals surface area contributed by atoms with Crippen molar-refractivity contribution < 1.29 is 32.2 Å². The Balaban J connectivity index is 1.21. The highest BCUT2D eigenvalue weighted by Crippen LogP contribution is 2.54. The molecule has 2 atom stereocenters. The molecule has 5 nitrogen and oxygen atoms in total. The SMILES string of the molecule is COC(=O)CC1COc2cc(O[C@@H]3CCc4c3ccc(C(F)(F)F)c4CN3CCC4(CC3)CC4)ccc21. The topological polar surface area (TPSA) is 48.0 Å². The van der Waals surface area contributed by atoms with E-state index in [-0.39, 0.29) is 24.4 Å². The highest BCUT2D eigenvalue weighted by molar-refractivity contribution is 5.71. The summed E-state index contributed by atoms with van der Waals surface area (Å²) in [7, 11) is 1.37. The number of carbonyl (C=O) groups excluding carboxylic acids is 1. The Morgan fingerprint density at radius 3 is 2.57 bits per heavy atom. The van der Waals surface area contributed by atoms with Crippen LogP contribution in [0.2, 0.25) is 0 Å². The van der Waals surface area contributed by atoms with Crippen molar-refractivity contribution >= 4 is 5.97 Å². The number of hydrogen-bond donors (Lipinski definition) is 0. The summed E-state index contributed by atoms with van der Waals surface area (Å²) in [4.78, 5) is 13.9. The average Bonchev–Trinajstić information content (AvgIpc) is 3.32. The maximum absolute atomic E-state index is 14.0. The molecule has 1 saturated carbocycles. The number of halogens is 3. The summed E-state index contributed by atoms with van der Waals surface area (Å²) in [6.45, 7) is 2.48. The zero-order valence-electron chi connectivity index (χ0n) is 21.0. The summed E-state index contributed by atoms with van der Waals surface area (Å²) in [5.41, 5.74) is 2.98. The van der Waals surface area contributed by atoms with Crippen LogP contribution in [0.1, 0.15) is 78.4 Å². The van der Waals surface area contributed by atoms with Crippen molar-refractivity contribution in [3.8, 4) is 11.5 Å². The minimum Gasteiger partial charge on any atom is -0.492 e. The fraction of sp³-hybridized carbons (Fsp3) is 0.552. The number of hydrogen-bond acceptors (Lipinski definition) is 5. The average molecular weight is 516 g/mol. The molecule has 2 aromatic carbocycles. The van der Waals surface area contributed by atoms with E-state index in [1.54, 1.807) is 6.07 Å². The lowest BCUT2D eigenvalue weighted by Gasteiger charge is -2.33. The van der Waals surface area contributed by atoms with Gasteiger partial charge in [0.15, 0.2) is 0 Å². The molecule has 2 aliphatic carbocycles. The lowest BCUT2D eigenvalue weighted by atomic mass is 9.91. The van der Waals surface area contributed by atoms with E-state index in [0.29, 0.717) is 48.5 Å². The first-order valence-corrected chi connectivity index (χ1v) is 13.2. The second kappa shape index (κ2) is 9.22. The zero-order valence-corrected chi connectivity index (χ0v) is 21.0. The molecule has 2 aromatic rings. The van der Waals surface area contributed by atoms with Crippen molar-refractivity contribution in [3.05, 3.63) is 58.1 Å². The van der Waals surface area contributed by atoms with Crippen molar-refractivity contribution in [1.29, 1.82) is 0 Å². The normalized spacial score (nSPS) is 23.9. The fourth-order valence-corrected chi connectivity index (χ4v) is 6.34. The molecule has 2 heterocycles. The molecule has 6 rings (SSSR count). The molecule has 198 valence electrons. The van der Waals surface area contributed by atoms with E-state index in [0.717, 1.165) is 42.6 Å². The van der Waals surface area contributed by atoms with Gasteiger partial charge in [0.1, 0.15) is 17.6 Å². The minimum atomic E-state index is -4.38. The first-order chi connectivity index (χ1) is 17.7. The third-order valence-electron chi connectivity index (χ3n) is 8.82. The summed E-state index contributed by atoms with van der Waals surface area (Å²) >= 11 is 0. The van der Waals surface area contributed by atoms with Gasteiger partial charge in [-0.05, 0) is 85.9 Å². The molecule has 4 aliphatic rings. The molecule has 1 unspecified atom stereocenters. The van der Waals surface area contributed by atoms with E-state index in [1.807, 2.05) is 18.2 Å². The molecular weight excluding hydrogens is 483 g/mol. The molecule has 0 radical (unpaired) electrons. The second-order valence-electron chi connectivity index (χ2n) is 11.1. The Kier molecular flexibility index (Phi) is 6.13. The minimum absolute atomic E-state index is 0.0587. The lowest BCUT2D eigenvalue weighted by Crippen LogP contribution is -2.35. The summed E-state index contributed by atoms with van der Waals surface area (Å²) in [6, 6.07) is 8.41. The van der Waals surface area contributed by atoms with Crippen LogP contribution in [-0.4, -0.2) is 37.7 Å². The van der Waals surface area contributed by atoms with Crippen molar-refractivity contribution in [2.75, 3.05) is 26.8 Å². The molecule has 0 aromatic heterocycles. The molecule has 8 heteroatoms. The molecule has 2 fully saturated rings. The van der Waals surface area contributed by atoms with E-state index in [2.05, 4.69) is 4.90 Å². The Morgan fingerprint density at radius 2 is 1.86 bits per heavy atom. The molecule has 1 spiro atoms. The van der Waals surface area contributed by atoms with Crippen LogP contribution in [-0.2, 0) is 28.7 Å². The number of piperidine rings is 1. The first kappa shape index (κ1) is 24.6. The maximum Gasteiger partial charge on any atom is 0.416 e. The number of ether oxygens (including phenoxy) is 3. The number of benzene rings is 2. The number of esters is 1. The molecular formula is C29H32F3NO4. The van der Waals surface area contributed by atoms with Crippen molar-refractivity contribution in [2.24, 2.45) is 5.41 Å². The summed E-state index contributed by atoms with van der Waals surface area (Å²) in [6.07, 6.45) is 1.50. The Morgan fingerprint density at radius 1 is 1.11 bits per heavy atom. The van der Waals surface area contributed by atoms with Crippen LogP contribution in [0.3, 0.4) is 0 Å². The number of alkyl halides is 3. The van der Waals surface area contributed by atoms with E-state index in [4.69, 9.17) is 14.2 Å². The largest absolute Gasteiger partial charge is 0.492 e. The molecule has 0 amide bonds. The quantitative estimate of drug-likeness (QED) is 0.430. The van der Waals surface area contributed by atoms with E-state index in [9.17, 15) is 18.0 Å². The Labute approximate surface area is 214 Å². The van der Waals surface area contributed by atoms with Crippen LogP contribution in [0.4, 0.5) is 13.2 Å². The molecule has 2 aliphatic heterocycles. The second-order valence-corrected chi connectivity index (χ2v) is 11.1. The number of fused-ring (bicyclic) bond motifs is 2. The standard InChI is InChI=1S/C29H32F3NO4/c1-35-27(34)14-18-17-36-26-15-19(2-3-20(18)26)37-25-7-5-21-22(25)4-6-24(29(30,31)32)23(21)16-33-12-10-28(8-9-28)11-13-33/h2-4,6,15,18,25H,5,7-14,16-17H2,1H3/t18?,25-/m1/s1. The van der Waals surface area contributed by atoms with E-state index >= 15 is 0 Å². The van der Waals surface area contributed by atoms with Crippen molar-refractivity contribution in [1.82, 2.24) is 4.90 Å². The Hall–Kier alpha value is -2.74. The number of nitrogens with zero attached hydrogens (tertiary/aromatic N) is 1. The number of carbonyl (C=O) groups is 1. The molecule has 0 bridgehead atoms. The van der Waals surface area contributed by atoms with Gasteiger partial charge in [0, 0.05) is 24.1 Å². The number of rotatable bonds is 6. The van der Waals surface area contributed by atoms with Crippen LogP contribution in [0.15, 0.2) is 30.3 Å². The van der Waals surface area contributed by atoms with Crippen molar-refractivity contribution in [2.45, 2.75) is 69.7 Å². The first-order valence-electron chi connectivity index (χ1n) is 13.2. The zero-order chi connectivity index (χ0) is 25.8. The number of methoxy groups -OCH3 is 1. The number of likely N-dealkylation sites (tertiary alicyclic amines) is 1. The third-order valence-corrected chi connectivity index (χ3v) is 8.82. The van der Waals surface area contributed by atoms with Gasteiger partial charge in [0.25, 0.3) is 0 Å². The van der Waals surface area contributed by atoms with Gasteiger partial charge < -0.3 is 14.2 Å². The van der Waals surface area contributed by atoms with Crippen LogP contribution in [0, 0.1) is 5.41 Å². The summed E-state index contributed by atoms with van der Waals surface area (Å²) in [5.74, 6) is 0.949. The van der Waals surface area contributed by atoms with Crippen LogP contribution in [0.5, 0.6) is 11.5 Å². The predicted octanol–water partition coefficient (Wildman–Crippen LogP) is 6.19. The molecule has 0 N–H and O–H groups in total. The van der Waals surface area contributed by atoms with Crippen molar-refractivity contribution in [3.63, 3.8) is 0 Å². The summed E-state index contributed by atoms with van der Waals surface area (Å²) < 4.78 is 58.9. The van der Waals surface area contributed by atoms with Gasteiger partial charge in [-0.3, -0.25) is 9.69 Å². The molecule has 1 saturated heterocycles. The lowest BCUT2D eigenvalue weighted by molar-refractivity contribution is -0.141. The Bertz CT molecular complexity index is 1200. The summed E-state index contributed by atoms with van der Waals surface area (Å²) in [5, 5.41) is 0. The van der Waals surface area contributed by atoms with Gasteiger partial charge in [-0.1, -0.05) is 12.1 Å². The highest BCUT2D eigenvalue weighted by Gasteiger charge is 2.45. The highest BCUT2D eigenvalue weighted by atomic mass is 19.4. The third kappa shape index (κ3) is 4.80. The van der Waals surface area contributed by atoms with Crippen LogP contribution >= 0.6 is 0 Å². The molecule has 37 heavy (non-hydrogen) atoms. The van der Waals surface area contributed by atoms with Gasteiger partial charge in [-0.15, -0.1) is 0 Å². The maximum atomic E-state index is 14.0. The fourth-order valence-electron chi connectivity index (χ4n) is 6.34. The van der Waals surface area contributed by atoms with Gasteiger partial charge in [0.2, 0.25) is 0 Å². The van der Waals surface area contributed by atoms with E-state index in [1.165, 1.54) is 26.0 Å². The predicted molar refractivity (Wildman–Crippen MR) is 131 cm³/mol. The smallest absolute Gasteiger partial charge is 0.416 e. The van der Waals surface area contributed by atoms with Gasteiger partial charge in [-0.2, -0.15) is 13.2 Å². The van der Waals surface area contributed by atoms with Crippen LogP contribution in [0.25, 0.3) is 0 Å². The monoisotopic (exact) mass is 515 g/mol.